The number of furan rings is 1. The molecule has 0 bridgehead atoms. The van der Waals surface area contributed by atoms with Gasteiger partial charge < -0.3 is 14.5 Å². The number of nitrogens with one attached hydrogen (secondary N) is 1. The van der Waals surface area contributed by atoms with Crippen LogP contribution < -0.4 is 5.32 Å². The number of rotatable bonds is 6. The Hall–Kier alpha value is -0.800. The predicted octanol–water partition coefficient (Wildman–Crippen LogP) is 3.48. The van der Waals surface area contributed by atoms with Gasteiger partial charge in [0.15, 0.2) is 0 Å². The molecule has 0 aliphatic carbocycles. The second-order valence-corrected chi connectivity index (χ2v) is 5.50. The van der Waals surface area contributed by atoms with Crippen molar-refractivity contribution in [2.24, 2.45) is 0 Å². The summed E-state index contributed by atoms with van der Waals surface area (Å²) in [4.78, 5) is 0. The SMILES string of the molecule is CCC(C)OCc1ccc(CNC(C)(C)C)o1. The van der Waals surface area contributed by atoms with E-state index >= 15 is 0 Å². The largest absolute Gasteiger partial charge is 0.462 e. The highest BCUT2D eigenvalue weighted by atomic mass is 16.5. The standard InChI is InChI=1S/C14H25NO2/c1-6-11(2)16-10-13-8-7-12(17-13)9-15-14(3,4)5/h7-8,11,15H,6,9-10H2,1-5H3. The first-order valence-corrected chi connectivity index (χ1v) is 6.35. The molecule has 1 heterocycles. The molecule has 1 aromatic rings. The lowest BCUT2D eigenvalue weighted by molar-refractivity contribution is 0.0400. The van der Waals surface area contributed by atoms with Gasteiger partial charge in [-0.15, -0.1) is 0 Å². The van der Waals surface area contributed by atoms with Gasteiger partial charge in [-0.1, -0.05) is 6.92 Å². The number of ether oxygens (including phenoxy) is 1. The second kappa shape index (κ2) is 6.22. The molecular weight excluding hydrogens is 214 g/mol. The molecule has 1 aromatic heterocycles. The van der Waals surface area contributed by atoms with Crippen LogP contribution in [-0.4, -0.2) is 11.6 Å². The van der Waals surface area contributed by atoms with Crippen molar-refractivity contribution in [1.82, 2.24) is 5.32 Å². The van der Waals surface area contributed by atoms with E-state index in [0.717, 1.165) is 24.5 Å². The Balaban J connectivity index is 2.37. The van der Waals surface area contributed by atoms with Crippen LogP contribution in [0, 0.1) is 0 Å². The van der Waals surface area contributed by atoms with Crippen LogP contribution in [0.2, 0.25) is 0 Å². The van der Waals surface area contributed by atoms with Gasteiger partial charge in [0.2, 0.25) is 0 Å². The van der Waals surface area contributed by atoms with Gasteiger partial charge in [0.25, 0.3) is 0 Å². The van der Waals surface area contributed by atoms with Gasteiger partial charge in [0.05, 0.1) is 12.6 Å². The Morgan fingerprint density at radius 2 is 1.94 bits per heavy atom. The zero-order valence-electron chi connectivity index (χ0n) is 11.7. The maximum atomic E-state index is 5.69. The Kier molecular flexibility index (Phi) is 5.22. The minimum absolute atomic E-state index is 0.111. The van der Waals surface area contributed by atoms with Crippen molar-refractivity contribution in [2.45, 2.75) is 65.8 Å². The first kappa shape index (κ1) is 14.3. The molecule has 3 nitrogen and oxygen atoms in total. The molecule has 0 aromatic carbocycles. The summed E-state index contributed by atoms with van der Waals surface area (Å²) in [5, 5.41) is 3.39. The van der Waals surface area contributed by atoms with Crippen molar-refractivity contribution in [3.63, 3.8) is 0 Å². The van der Waals surface area contributed by atoms with Crippen LogP contribution >= 0.6 is 0 Å². The second-order valence-electron chi connectivity index (χ2n) is 5.50. The van der Waals surface area contributed by atoms with E-state index in [1.54, 1.807) is 0 Å². The summed E-state index contributed by atoms with van der Waals surface area (Å²) >= 11 is 0. The minimum atomic E-state index is 0.111. The van der Waals surface area contributed by atoms with Crippen molar-refractivity contribution < 1.29 is 9.15 Å². The summed E-state index contributed by atoms with van der Waals surface area (Å²) in [6.07, 6.45) is 1.32. The van der Waals surface area contributed by atoms with Crippen LogP contribution in [0.1, 0.15) is 52.6 Å². The molecule has 0 saturated heterocycles. The zero-order chi connectivity index (χ0) is 12.9. The quantitative estimate of drug-likeness (QED) is 0.825. The van der Waals surface area contributed by atoms with E-state index < -0.39 is 0 Å². The highest BCUT2D eigenvalue weighted by Gasteiger charge is 2.10. The molecule has 0 amide bonds. The third kappa shape index (κ3) is 5.89. The molecule has 98 valence electrons. The lowest BCUT2D eigenvalue weighted by atomic mass is 10.1. The van der Waals surface area contributed by atoms with Gasteiger partial charge in [-0.3, -0.25) is 0 Å². The molecule has 0 saturated carbocycles. The Labute approximate surface area is 105 Å². The average molecular weight is 239 g/mol. The molecule has 0 fully saturated rings. The lowest BCUT2D eigenvalue weighted by Crippen LogP contribution is -2.34. The van der Waals surface area contributed by atoms with E-state index in [4.69, 9.17) is 9.15 Å². The van der Waals surface area contributed by atoms with Crippen molar-refractivity contribution >= 4 is 0 Å². The Bertz CT molecular complexity index is 325. The van der Waals surface area contributed by atoms with Crippen molar-refractivity contribution in [1.29, 1.82) is 0 Å². The first-order chi connectivity index (χ1) is 7.90. The maximum Gasteiger partial charge on any atom is 0.129 e. The fourth-order valence-electron chi connectivity index (χ4n) is 1.29. The van der Waals surface area contributed by atoms with Gasteiger partial charge in [-0.05, 0) is 46.2 Å². The third-order valence-corrected chi connectivity index (χ3v) is 2.60. The van der Waals surface area contributed by atoms with Crippen LogP contribution in [0.15, 0.2) is 16.5 Å². The smallest absolute Gasteiger partial charge is 0.129 e. The van der Waals surface area contributed by atoms with Crippen LogP contribution in [0.4, 0.5) is 0 Å². The van der Waals surface area contributed by atoms with E-state index in [-0.39, 0.29) is 11.6 Å². The first-order valence-electron chi connectivity index (χ1n) is 6.35. The predicted molar refractivity (Wildman–Crippen MR) is 69.8 cm³/mol. The Morgan fingerprint density at radius 1 is 1.29 bits per heavy atom. The topological polar surface area (TPSA) is 34.4 Å². The summed E-state index contributed by atoms with van der Waals surface area (Å²) in [6.45, 7) is 11.9. The van der Waals surface area contributed by atoms with Crippen molar-refractivity contribution in [3.05, 3.63) is 23.7 Å². The molecular formula is C14H25NO2. The number of hydrogen-bond donors (Lipinski definition) is 1. The monoisotopic (exact) mass is 239 g/mol. The summed E-state index contributed by atoms with van der Waals surface area (Å²) in [7, 11) is 0. The number of hydrogen-bond acceptors (Lipinski definition) is 3. The van der Waals surface area contributed by atoms with Crippen LogP contribution in [0.3, 0.4) is 0 Å². The molecule has 0 aliphatic rings. The van der Waals surface area contributed by atoms with Gasteiger partial charge in [-0.25, -0.2) is 0 Å². The molecule has 1 unspecified atom stereocenters. The van der Waals surface area contributed by atoms with Gasteiger partial charge in [-0.2, -0.15) is 0 Å². The maximum absolute atomic E-state index is 5.69. The molecule has 1 atom stereocenters. The van der Waals surface area contributed by atoms with E-state index in [2.05, 4.69) is 39.9 Å². The summed E-state index contributed by atoms with van der Waals surface area (Å²) in [5.41, 5.74) is 0.111. The van der Waals surface area contributed by atoms with E-state index in [0.29, 0.717) is 6.61 Å². The molecule has 1 rings (SSSR count). The van der Waals surface area contributed by atoms with Crippen LogP contribution in [-0.2, 0) is 17.9 Å². The van der Waals surface area contributed by atoms with E-state index in [1.165, 1.54) is 0 Å². The summed E-state index contributed by atoms with van der Waals surface area (Å²) in [6, 6.07) is 4.00. The van der Waals surface area contributed by atoms with Gasteiger partial charge in [0.1, 0.15) is 18.1 Å². The lowest BCUT2D eigenvalue weighted by Gasteiger charge is -2.19. The zero-order valence-corrected chi connectivity index (χ0v) is 11.7. The average Bonchev–Trinajstić information content (AvgIpc) is 2.70. The van der Waals surface area contributed by atoms with Crippen LogP contribution in [0.5, 0.6) is 0 Å². The summed E-state index contributed by atoms with van der Waals surface area (Å²) < 4.78 is 11.3. The molecule has 17 heavy (non-hydrogen) atoms. The van der Waals surface area contributed by atoms with Crippen LogP contribution in [0.25, 0.3) is 0 Å². The molecule has 0 spiro atoms. The fraction of sp³-hybridized carbons (Fsp3) is 0.714. The molecule has 0 radical (unpaired) electrons. The highest BCUT2D eigenvalue weighted by molar-refractivity contribution is 5.06. The van der Waals surface area contributed by atoms with Crippen molar-refractivity contribution in [3.8, 4) is 0 Å². The normalized spacial score (nSPS) is 13.9. The summed E-state index contributed by atoms with van der Waals surface area (Å²) in [5.74, 6) is 1.86. The molecule has 0 aliphatic heterocycles. The minimum Gasteiger partial charge on any atom is -0.462 e. The molecule has 1 N–H and O–H groups in total. The fourth-order valence-corrected chi connectivity index (χ4v) is 1.29. The van der Waals surface area contributed by atoms with E-state index in [9.17, 15) is 0 Å². The highest BCUT2D eigenvalue weighted by Crippen LogP contribution is 2.12. The van der Waals surface area contributed by atoms with Gasteiger partial charge >= 0.3 is 0 Å². The van der Waals surface area contributed by atoms with Gasteiger partial charge in [0, 0.05) is 5.54 Å². The Morgan fingerprint density at radius 3 is 2.53 bits per heavy atom. The molecule has 3 heteroatoms. The third-order valence-electron chi connectivity index (χ3n) is 2.60. The van der Waals surface area contributed by atoms with Crippen molar-refractivity contribution in [2.75, 3.05) is 0 Å². The van der Waals surface area contributed by atoms with E-state index in [1.807, 2.05) is 12.1 Å².